The van der Waals surface area contributed by atoms with Gasteiger partial charge in [0.1, 0.15) is 17.2 Å². The molecule has 0 aliphatic heterocycles. The molecule has 16 heavy (non-hydrogen) atoms. The Kier molecular flexibility index (Phi) is 3.47. The molecule has 8 heteroatoms. The lowest BCUT2D eigenvalue weighted by Crippen LogP contribution is -2.14. The summed E-state index contributed by atoms with van der Waals surface area (Å²) in [5.74, 6) is -0.383. The minimum absolute atomic E-state index is 0.211. The number of amides is 1. The maximum absolute atomic E-state index is 11.8. The van der Waals surface area contributed by atoms with E-state index in [0.29, 0.717) is 9.60 Å². The Balaban J connectivity index is 2.24. The molecule has 0 spiro atoms. The van der Waals surface area contributed by atoms with Gasteiger partial charge in [0.25, 0.3) is 5.91 Å². The largest absolute Gasteiger partial charge is 0.295 e. The zero-order valence-corrected chi connectivity index (χ0v) is 10.8. The molecule has 2 aromatic heterocycles. The summed E-state index contributed by atoms with van der Waals surface area (Å²) in [5.41, 5.74) is 0.211. The molecule has 5 nitrogen and oxygen atoms in total. The van der Waals surface area contributed by atoms with Crippen LogP contribution in [0.2, 0.25) is 5.15 Å². The van der Waals surface area contributed by atoms with Gasteiger partial charge >= 0.3 is 0 Å². The molecule has 1 N–H and O–H groups in total. The Morgan fingerprint density at radius 1 is 1.50 bits per heavy atom. The van der Waals surface area contributed by atoms with Crippen molar-refractivity contribution in [1.29, 1.82) is 0 Å². The van der Waals surface area contributed by atoms with Crippen LogP contribution in [0, 0.1) is 0 Å². The number of hydrogen-bond donors (Lipinski definition) is 1. The fourth-order valence-electron chi connectivity index (χ4n) is 0.962. The molecule has 0 saturated carbocycles. The van der Waals surface area contributed by atoms with Gasteiger partial charge in [0.2, 0.25) is 5.13 Å². The summed E-state index contributed by atoms with van der Waals surface area (Å²) < 4.78 is 4.33. The first-order valence-corrected chi connectivity index (χ1v) is 6.01. The van der Waals surface area contributed by atoms with E-state index in [1.165, 1.54) is 6.33 Å². The van der Waals surface area contributed by atoms with Gasteiger partial charge in [-0.1, -0.05) is 11.6 Å². The molecule has 0 bridgehead atoms. The summed E-state index contributed by atoms with van der Waals surface area (Å²) in [5, 5.41) is 3.23. The normalized spacial score (nSPS) is 10.1. The second-order valence-electron chi connectivity index (χ2n) is 2.66. The van der Waals surface area contributed by atoms with Crippen LogP contribution in [-0.4, -0.2) is 20.2 Å². The first-order chi connectivity index (χ1) is 7.66. The second kappa shape index (κ2) is 4.86. The van der Waals surface area contributed by atoms with Crippen LogP contribution >= 0.6 is 39.1 Å². The van der Waals surface area contributed by atoms with E-state index in [1.54, 1.807) is 12.1 Å². The standard InChI is InChI=1S/C8H4BrClN4OS/c9-4-1-2-5(10)13-6(4)7(15)14-8-11-3-12-16-8/h1-3H,(H,11,12,14,15). The molecule has 2 rings (SSSR count). The molecule has 1 amide bonds. The lowest BCUT2D eigenvalue weighted by Gasteiger charge is -2.02. The number of rotatable bonds is 2. The third-order valence-corrected chi connectivity index (χ3v) is 3.04. The van der Waals surface area contributed by atoms with Gasteiger partial charge in [0.15, 0.2) is 0 Å². The molecule has 0 saturated heterocycles. The molecule has 0 radical (unpaired) electrons. The minimum Gasteiger partial charge on any atom is -0.295 e. The van der Waals surface area contributed by atoms with E-state index in [0.717, 1.165) is 11.5 Å². The van der Waals surface area contributed by atoms with Crippen molar-refractivity contribution in [3.8, 4) is 0 Å². The van der Waals surface area contributed by atoms with Crippen LogP contribution in [0.25, 0.3) is 0 Å². The number of hydrogen-bond acceptors (Lipinski definition) is 5. The van der Waals surface area contributed by atoms with Crippen molar-refractivity contribution in [1.82, 2.24) is 14.3 Å². The summed E-state index contributed by atoms with van der Waals surface area (Å²) in [7, 11) is 0. The van der Waals surface area contributed by atoms with E-state index in [4.69, 9.17) is 11.6 Å². The molecule has 0 unspecified atom stereocenters. The third kappa shape index (κ3) is 2.55. The lowest BCUT2D eigenvalue weighted by atomic mass is 10.3. The fraction of sp³-hybridized carbons (Fsp3) is 0. The predicted octanol–water partition coefficient (Wildman–Crippen LogP) is 2.60. The summed E-state index contributed by atoms with van der Waals surface area (Å²) in [4.78, 5) is 19.5. The highest BCUT2D eigenvalue weighted by atomic mass is 79.9. The van der Waals surface area contributed by atoms with Gasteiger partial charge in [-0.05, 0) is 28.1 Å². The highest BCUT2D eigenvalue weighted by Crippen LogP contribution is 2.19. The number of carbonyl (C=O) groups is 1. The molecule has 0 aliphatic rings. The SMILES string of the molecule is O=C(Nc1ncns1)c1nc(Cl)ccc1Br. The number of carbonyl (C=O) groups excluding carboxylic acids is 1. The average molecular weight is 320 g/mol. The van der Waals surface area contributed by atoms with Gasteiger partial charge in [0, 0.05) is 16.0 Å². The molecule has 2 aromatic rings. The first-order valence-electron chi connectivity index (χ1n) is 4.07. The van der Waals surface area contributed by atoms with Crippen molar-refractivity contribution in [3.63, 3.8) is 0 Å². The number of aromatic nitrogens is 3. The monoisotopic (exact) mass is 318 g/mol. The van der Waals surface area contributed by atoms with Crippen LogP contribution < -0.4 is 5.32 Å². The Bertz CT molecular complexity index is 519. The number of nitrogens with zero attached hydrogens (tertiary/aromatic N) is 3. The smallest absolute Gasteiger partial charge is 0.277 e. The minimum atomic E-state index is -0.383. The zero-order valence-electron chi connectivity index (χ0n) is 7.65. The Morgan fingerprint density at radius 2 is 2.31 bits per heavy atom. The highest BCUT2D eigenvalue weighted by Gasteiger charge is 2.13. The average Bonchev–Trinajstić information content (AvgIpc) is 2.74. The van der Waals surface area contributed by atoms with Crippen LogP contribution in [0.4, 0.5) is 5.13 Å². The van der Waals surface area contributed by atoms with Gasteiger partial charge in [-0.15, -0.1) is 0 Å². The van der Waals surface area contributed by atoms with Crippen LogP contribution in [-0.2, 0) is 0 Å². The molecular formula is C8H4BrClN4OS. The molecule has 0 aromatic carbocycles. The second-order valence-corrected chi connectivity index (χ2v) is 4.69. The van der Waals surface area contributed by atoms with E-state index in [1.807, 2.05) is 0 Å². The quantitative estimate of drug-likeness (QED) is 0.864. The lowest BCUT2D eigenvalue weighted by molar-refractivity contribution is 0.102. The maximum Gasteiger partial charge on any atom is 0.277 e. The molecule has 82 valence electrons. The third-order valence-electron chi connectivity index (χ3n) is 1.61. The number of anilines is 1. The summed E-state index contributed by atoms with van der Waals surface area (Å²) in [6, 6.07) is 3.25. The summed E-state index contributed by atoms with van der Waals surface area (Å²) in [6.07, 6.45) is 1.36. The topological polar surface area (TPSA) is 67.8 Å². The van der Waals surface area contributed by atoms with Gasteiger partial charge in [-0.2, -0.15) is 4.37 Å². The maximum atomic E-state index is 11.8. The molecule has 2 heterocycles. The van der Waals surface area contributed by atoms with E-state index < -0.39 is 0 Å². The van der Waals surface area contributed by atoms with Crippen LogP contribution in [0.1, 0.15) is 10.5 Å². The Hall–Kier alpha value is -1.05. The predicted molar refractivity (Wildman–Crippen MR) is 64.8 cm³/mol. The Labute approximate surface area is 108 Å². The van der Waals surface area contributed by atoms with Gasteiger partial charge in [-0.25, -0.2) is 9.97 Å². The molecule has 0 fully saturated rings. The van der Waals surface area contributed by atoms with Crippen molar-refractivity contribution >= 4 is 50.1 Å². The van der Waals surface area contributed by atoms with Crippen molar-refractivity contribution in [2.75, 3.05) is 5.32 Å². The number of nitrogens with one attached hydrogen (secondary N) is 1. The van der Waals surface area contributed by atoms with Crippen molar-refractivity contribution in [2.45, 2.75) is 0 Å². The van der Waals surface area contributed by atoms with Crippen LogP contribution in [0.3, 0.4) is 0 Å². The molecule has 0 atom stereocenters. The van der Waals surface area contributed by atoms with Gasteiger partial charge in [0.05, 0.1) is 0 Å². The van der Waals surface area contributed by atoms with Crippen LogP contribution in [0.5, 0.6) is 0 Å². The van der Waals surface area contributed by atoms with Gasteiger partial charge < -0.3 is 0 Å². The first kappa shape index (κ1) is 11.4. The van der Waals surface area contributed by atoms with E-state index in [2.05, 4.69) is 35.6 Å². The van der Waals surface area contributed by atoms with Crippen LogP contribution in [0.15, 0.2) is 22.9 Å². The number of halogens is 2. The van der Waals surface area contributed by atoms with Crippen molar-refractivity contribution in [3.05, 3.63) is 33.8 Å². The number of pyridine rings is 1. The highest BCUT2D eigenvalue weighted by molar-refractivity contribution is 9.10. The molecular weight excluding hydrogens is 316 g/mol. The fourth-order valence-corrected chi connectivity index (χ4v) is 1.94. The molecule has 0 aliphatic carbocycles. The Morgan fingerprint density at radius 3 is 3.00 bits per heavy atom. The van der Waals surface area contributed by atoms with Crippen molar-refractivity contribution < 1.29 is 4.79 Å². The van der Waals surface area contributed by atoms with E-state index >= 15 is 0 Å². The van der Waals surface area contributed by atoms with Crippen molar-refractivity contribution in [2.24, 2.45) is 0 Å². The summed E-state index contributed by atoms with van der Waals surface area (Å²) >= 11 is 10.0. The van der Waals surface area contributed by atoms with E-state index in [9.17, 15) is 4.79 Å². The van der Waals surface area contributed by atoms with Gasteiger partial charge in [-0.3, -0.25) is 10.1 Å². The summed E-state index contributed by atoms with van der Waals surface area (Å²) in [6.45, 7) is 0. The zero-order chi connectivity index (χ0) is 11.5. The van der Waals surface area contributed by atoms with E-state index in [-0.39, 0.29) is 16.8 Å².